The molecule has 0 unspecified atom stereocenters. The van der Waals surface area contributed by atoms with Gasteiger partial charge in [0.15, 0.2) is 0 Å². The third kappa shape index (κ3) is 5.32. The molecule has 0 radical (unpaired) electrons. The Bertz CT molecular complexity index is 1260. The number of fused-ring (bicyclic) bond motifs is 3. The third-order valence-electron chi connectivity index (χ3n) is 6.07. The van der Waals surface area contributed by atoms with Gasteiger partial charge in [-0.05, 0) is 60.1 Å². The molecule has 0 fully saturated rings. The second-order valence-corrected chi connectivity index (χ2v) is 9.22. The van der Waals surface area contributed by atoms with Crippen LogP contribution in [0.25, 0.3) is 0 Å². The molecule has 0 amide bonds. The number of ketones is 1. The maximum atomic E-state index is 13.5. The van der Waals surface area contributed by atoms with Gasteiger partial charge in [0, 0.05) is 28.0 Å². The average molecular weight is 448 g/mol. The summed E-state index contributed by atoms with van der Waals surface area (Å²) in [7, 11) is 0. The third-order valence-corrected chi connectivity index (χ3v) is 6.83. The molecular formula is C30H25NOS. The smallest absolute Gasteiger partial charge is 0.212 e. The molecule has 162 valence electrons. The predicted octanol–water partition coefficient (Wildman–Crippen LogP) is 6.95. The van der Waals surface area contributed by atoms with E-state index < -0.39 is 0 Å². The summed E-state index contributed by atoms with van der Waals surface area (Å²) in [4.78, 5) is 14.5. The minimum atomic E-state index is -0.0475. The second-order valence-electron chi connectivity index (χ2n) is 8.38. The number of hydrogen-bond acceptors (Lipinski definition) is 3. The fourth-order valence-electron chi connectivity index (χ4n) is 4.04. The van der Waals surface area contributed by atoms with Crippen LogP contribution in [0.2, 0.25) is 0 Å². The Morgan fingerprint density at radius 3 is 1.42 bits per heavy atom. The molecule has 4 aliphatic carbocycles. The molecule has 4 aromatic carbocycles. The Labute approximate surface area is 199 Å². The molecule has 6 bridgehead atoms. The summed E-state index contributed by atoms with van der Waals surface area (Å²) in [6.07, 6.45) is 3.93. The maximum Gasteiger partial charge on any atom is 0.212 e. The number of nitrogens with zero attached hydrogens (tertiary/aromatic N) is 1. The first-order valence-corrected chi connectivity index (χ1v) is 12.1. The molecule has 33 heavy (non-hydrogen) atoms. The van der Waals surface area contributed by atoms with Gasteiger partial charge in [-0.3, -0.25) is 4.79 Å². The maximum absolute atomic E-state index is 13.5. The molecule has 0 spiro atoms. The molecule has 3 heteroatoms. The lowest BCUT2D eigenvalue weighted by molar-refractivity contribution is 0.106. The van der Waals surface area contributed by atoms with Crippen LogP contribution in [0, 0.1) is 0 Å². The quantitative estimate of drug-likeness (QED) is 0.311. The summed E-state index contributed by atoms with van der Waals surface area (Å²) >= 11 is 1.34. The Hall–Kier alpha value is -3.43. The van der Waals surface area contributed by atoms with Crippen LogP contribution in [-0.4, -0.2) is 11.5 Å². The van der Waals surface area contributed by atoms with Crippen molar-refractivity contribution in [1.82, 2.24) is 0 Å². The van der Waals surface area contributed by atoms with Crippen molar-refractivity contribution in [3.63, 3.8) is 0 Å². The highest BCUT2D eigenvalue weighted by atomic mass is 32.2. The van der Waals surface area contributed by atoms with Crippen molar-refractivity contribution in [2.75, 3.05) is 0 Å². The molecule has 0 saturated carbocycles. The van der Waals surface area contributed by atoms with Gasteiger partial charge in [-0.2, -0.15) is 0 Å². The standard InChI is InChI=1S/C30H25NOS/c32-30-27-20-16-25(17-21-27)13-11-23-8-6-22(7-9-23)10-12-24-14-18-26(19-15-24)29(30)31-33-28-4-2-1-3-5-28/h1-9,14-21H,10-13H2/b31-29-. The van der Waals surface area contributed by atoms with E-state index in [1.54, 1.807) is 0 Å². The number of carbonyl (C=O) groups excluding carboxylic acids is 1. The number of benzene rings is 4. The Morgan fingerprint density at radius 2 is 0.939 bits per heavy atom. The van der Waals surface area contributed by atoms with E-state index in [9.17, 15) is 4.79 Å². The van der Waals surface area contributed by atoms with Crippen molar-refractivity contribution in [3.8, 4) is 0 Å². The van der Waals surface area contributed by atoms with Crippen molar-refractivity contribution < 1.29 is 4.79 Å². The van der Waals surface area contributed by atoms with Gasteiger partial charge in [-0.15, -0.1) is 0 Å². The van der Waals surface area contributed by atoms with E-state index in [1.807, 2.05) is 54.6 Å². The Balaban J connectivity index is 1.52. The Morgan fingerprint density at radius 1 is 0.515 bits per heavy atom. The average Bonchev–Trinajstić information content (AvgIpc) is 2.88. The van der Waals surface area contributed by atoms with Crippen molar-refractivity contribution in [3.05, 3.63) is 137 Å². The summed E-state index contributed by atoms with van der Waals surface area (Å²) in [6, 6.07) is 35.2. The monoisotopic (exact) mass is 447 g/mol. The van der Waals surface area contributed by atoms with Gasteiger partial charge in [-0.25, -0.2) is 4.40 Å². The first-order valence-electron chi connectivity index (χ1n) is 11.4. The molecule has 0 aliphatic heterocycles. The minimum Gasteiger partial charge on any atom is -0.287 e. The fourth-order valence-corrected chi connectivity index (χ4v) is 4.71. The number of aryl methyl sites for hydroxylation is 4. The lowest BCUT2D eigenvalue weighted by Gasteiger charge is -2.10. The molecule has 0 N–H and O–H groups in total. The molecule has 8 rings (SSSR count). The van der Waals surface area contributed by atoms with Crippen molar-refractivity contribution >= 4 is 23.4 Å². The molecule has 4 aromatic rings. The topological polar surface area (TPSA) is 29.4 Å². The van der Waals surface area contributed by atoms with Crippen LogP contribution < -0.4 is 0 Å². The zero-order valence-electron chi connectivity index (χ0n) is 18.4. The van der Waals surface area contributed by atoms with Crippen LogP contribution >= 0.6 is 11.9 Å². The van der Waals surface area contributed by atoms with Crippen molar-refractivity contribution in [2.45, 2.75) is 30.6 Å². The molecule has 0 saturated heterocycles. The highest BCUT2D eigenvalue weighted by molar-refractivity contribution is 7.98. The zero-order chi connectivity index (χ0) is 22.5. The SMILES string of the molecule is O=C1/C(=N\Sc2ccccc2)c2ccc(cc2)CCc2ccc(cc2)CCc2ccc1cc2. The van der Waals surface area contributed by atoms with E-state index in [0.29, 0.717) is 11.3 Å². The van der Waals surface area contributed by atoms with Gasteiger partial charge in [0.2, 0.25) is 5.78 Å². The summed E-state index contributed by atoms with van der Waals surface area (Å²) < 4.78 is 4.70. The van der Waals surface area contributed by atoms with E-state index in [1.165, 1.54) is 34.2 Å². The number of rotatable bonds is 2. The van der Waals surface area contributed by atoms with Gasteiger partial charge in [0.1, 0.15) is 5.71 Å². The van der Waals surface area contributed by atoms with Crippen LogP contribution in [0.1, 0.15) is 38.2 Å². The molecule has 0 atom stereocenters. The molecule has 2 nitrogen and oxygen atoms in total. The van der Waals surface area contributed by atoms with Crippen LogP contribution in [0.3, 0.4) is 0 Å². The summed E-state index contributed by atoms with van der Waals surface area (Å²) in [5, 5.41) is 0. The number of hydrogen-bond donors (Lipinski definition) is 0. The largest absolute Gasteiger partial charge is 0.287 e. The second kappa shape index (κ2) is 10.0. The van der Waals surface area contributed by atoms with Crippen LogP contribution in [0.15, 0.2) is 112 Å². The van der Waals surface area contributed by atoms with E-state index >= 15 is 0 Å². The lowest BCUT2D eigenvalue weighted by Crippen LogP contribution is -2.15. The van der Waals surface area contributed by atoms with Gasteiger partial charge < -0.3 is 0 Å². The van der Waals surface area contributed by atoms with E-state index in [4.69, 9.17) is 4.40 Å². The highest BCUT2D eigenvalue weighted by Gasteiger charge is 2.17. The highest BCUT2D eigenvalue weighted by Crippen LogP contribution is 2.22. The molecule has 0 aromatic heterocycles. The van der Waals surface area contributed by atoms with Crippen molar-refractivity contribution in [2.24, 2.45) is 4.40 Å². The van der Waals surface area contributed by atoms with E-state index in [-0.39, 0.29) is 5.78 Å². The zero-order valence-corrected chi connectivity index (χ0v) is 19.2. The van der Waals surface area contributed by atoms with Gasteiger partial charge in [0.05, 0.1) is 0 Å². The summed E-state index contributed by atoms with van der Waals surface area (Å²) in [6.45, 7) is 0. The summed E-state index contributed by atoms with van der Waals surface area (Å²) in [5.41, 5.74) is 7.19. The Kier molecular flexibility index (Phi) is 6.50. The van der Waals surface area contributed by atoms with E-state index in [2.05, 4.69) is 48.5 Å². The molecule has 4 aliphatic rings. The summed E-state index contributed by atoms with van der Waals surface area (Å²) in [5.74, 6) is -0.0475. The normalized spacial score (nSPS) is 15.0. The first kappa shape index (κ1) is 21.4. The first-order chi connectivity index (χ1) is 16.2. The minimum absolute atomic E-state index is 0.0475. The van der Waals surface area contributed by atoms with Gasteiger partial charge in [0.25, 0.3) is 0 Å². The van der Waals surface area contributed by atoms with E-state index in [0.717, 1.165) is 36.1 Å². The lowest BCUT2D eigenvalue weighted by atomic mass is 9.95. The number of carbonyl (C=O) groups is 1. The fraction of sp³-hybridized carbons (Fsp3) is 0.133. The van der Waals surface area contributed by atoms with Crippen LogP contribution in [-0.2, 0) is 25.7 Å². The molecule has 0 heterocycles. The van der Waals surface area contributed by atoms with Gasteiger partial charge in [-0.1, -0.05) is 91.0 Å². The van der Waals surface area contributed by atoms with Crippen LogP contribution in [0.5, 0.6) is 0 Å². The van der Waals surface area contributed by atoms with Gasteiger partial charge >= 0.3 is 0 Å². The van der Waals surface area contributed by atoms with Crippen molar-refractivity contribution in [1.29, 1.82) is 0 Å². The molecular weight excluding hydrogens is 422 g/mol. The number of Topliss-reactive ketones (excluding diaryl/α,β-unsaturated/α-hetero) is 1. The van der Waals surface area contributed by atoms with Crippen LogP contribution in [0.4, 0.5) is 0 Å². The predicted molar refractivity (Wildman–Crippen MR) is 137 cm³/mol.